The fourth-order valence-corrected chi connectivity index (χ4v) is 5.54. The van der Waals surface area contributed by atoms with Crippen LogP contribution in [0.2, 0.25) is 0 Å². The predicted octanol–water partition coefficient (Wildman–Crippen LogP) is 3.69. The zero-order valence-electron chi connectivity index (χ0n) is 17.1. The topological polar surface area (TPSA) is 87.0 Å². The summed E-state index contributed by atoms with van der Waals surface area (Å²) in [5.41, 5.74) is 0.672. The molecule has 2 aliphatic heterocycles. The van der Waals surface area contributed by atoms with Crippen molar-refractivity contribution < 1.29 is 22.1 Å². The van der Waals surface area contributed by atoms with E-state index in [9.17, 15) is 17.6 Å². The first kappa shape index (κ1) is 22.3. The second-order valence-corrected chi connectivity index (χ2v) is 9.44. The van der Waals surface area contributed by atoms with Crippen LogP contribution in [0.15, 0.2) is 22.7 Å². The molecule has 0 bridgehead atoms. The number of halogens is 4. The van der Waals surface area contributed by atoms with Gasteiger partial charge in [-0.1, -0.05) is 17.3 Å². The number of thiophene rings is 1. The molecule has 2 aliphatic rings. The third-order valence-corrected chi connectivity index (χ3v) is 7.20. The molecule has 0 amide bonds. The Morgan fingerprint density at radius 1 is 1.27 bits per heavy atom. The summed E-state index contributed by atoms with van der Waals surface area (Å²) in [6.45, 7) is 1.35. The van der Waals surface area contributed by atoms with Crippen molar-refractivity contribution in [1.29, 1.82) is 0 Å². The first-order valence-corrected chi connectivity index (χ1v) is 11.6. The lowest BCUT2D eigenvalue weighted by atomic mass is 10.0. The minimum Gasteiger partial charge on any atom is -0.378 e. The summed E-state index contributed by atoms with van der Waals surface area (Å²) in [5.74, 6) is 0.322. The molecule has 0 aliphatic carbocycles. The third-order valence-electron chi connectivity index (χ3n) is 5.66. The Labute approximate surface area is 195 Å². The van der Waals surface area contributed by atoms with E-state index >= 15 is 0 Å². The van der Waals surface area contributed by atoms with Gasteiger partial charge in [-0.2, -0.15) is 18.2 Å². The molecule has 0 saturated carbocycles. The van der Waals surface area contributed by atoms with Crippen LogP contribution in [0.3, 0.4) is 0 Å². The lowest BCUT2D eigenvalue weighted by Crippen LogP contribution is -2.45. The monoisotopic (exact) mass is 500 g/mol. The number of hydrogen-bond donors (Lipinski definition) is 4. The third kappa shape index (κ3) is 4.62. The molecular weight excluding hydrogens is 480 g/mol. The standard InChI is InChI=1S/C20H20F4N6OS2/c21-11-7-25-5-4-12(11)27-13-3-1-2-9-10(6-20(22,23)24)16(33-15(9)13)17-29-18(31-30-17)14-8-26-19(32)28-14/h1-3,11-12,14,25,27H,4-8H2,(H2,26,28,32)/t11-,12+,14+/m0/s1. The van der Waals surface area contributed by atoms with Crippen LogP contribution >= 0.6 is 23.6 Å². The van der Waals surface area contributed by atoms with E-state index in [0.717, 1.165) is 11.3 Å². The number of aromatic nitrogens is 2. The minimum atomic E-state index is -4.43. The molecular formula is C20H20F4N6OS2. The van der Waals surface area contributed by atoms with Gasteiger partial charge in [-0.3, -0.25) is 0 Å². The van der Waals surface area contributed by atoms with E-state index in [-0.39, 0.29) is 34.7 Å². The van der Waals surface area contributed by atoms with Crippen LogP contribution in [0.25, 0.3) is 20.8 Å². The van der Waals surface area contributed by atoms with E-state index in [1.54, 1.807) is 18.2 Å². The fourth-order valence-electron chi connectivity index (χ4n) is 4.10. The normalized spacial score (nSPS) is 23.5. The highest BCUT2D eigenvalue weighted by Crippen LogP contribution is 2.44. The molecule has 2 aromatic heterocycles. The Morgan fingerprint density at radius 2 is 2.12 bits per heavy atom. The molecule has 0 unspecified atom stereocenters. The highest BCUT2D eigenvalue weighted by atomic mass is 32.1. The van der Waals surface area contributed by atoms with Crippen LogP contribution in [0, 0.1) is 0 Å². The molecule has 4 heterocycles. The Morgan fingerprint density at radius 3 is 2.85 bits per heavy atom. The Bertz CT molecular complexity index is 1180. The van der Waals surface area contributed by atoms with E-state index in [0.29, 0.717) is 40.4 Å². The summed E-state index contributed by atoms with van der Waals surface area (Å²) >= 11 is 6.18. The van der Waals surface area contributed by atoms with Gasteiger partial charge >= 0.3 is 6.18 Å². The second-order valence-electron chi connectivity index (χ2n) is 8.01. The molecule has 5 rings (SSSR count). The van der Waals surface area contributed by atoms with Crippen molar-refractivity contribution in [1.82, 2.24) is 26.1 Å². The number of piperidine rings is 1. The second kappa shape index (κ2) is 8.69. The van der Waals surface area contributed by atoms with Crippen LogP contribution in [0.4, 0.5) is 23.2 Å². The summed E-state index contributed by atoms with van der Waals surface area (Å²) in [5, 5.41) is 16.9. The molecule has 1 aromatic carbocycles. The maximum absolute atomic E-state index is 14.4. The summed E-state index contributed by atoms with van der Waals surface area (Å²) in [6.07, 6.45) is -6.09. The van der Waals surface area contributed by atoms with Crippen molar-refractivity contribution in [2.75, 3.05) is 25.0 Å². The van der Waals surface area contributed by atoms with Gasteiger partial charge in [-0.05, 0) is 42.2 Å². The number of thiocarbonyl (C=S) groups is 1. The van der Waals surface area contributed by atoms with E-state index in [1.807, 2.05) is 0 Å². The number of nitrogens with one attached hydrogen (secondary N) is 4. The van der Waals surface area contributed by atoms with Gasteiger partial charge in [-0.25, -0.2) is 4.39 Å². The van der Waals surface area contributed by atoms with E-state index < -0.39 is 24.8 Å². The number of hydrogen-bond acceptors (Lipinski definition) is 7. The SMILES string of the molecule is F[C@H]1CNCC[C@H]1Nc1cccc2c(CC(F)(F)F)c(-c3noc([C@H]4CNC(=S)N4)n3)sc12. The molecule has 0 spiro atoms. The van der Waals surface area contributed by atoms with Gasteiger partial charge in [0, 0.05) is 13.1 Å². The predicted molar refractivity (Wildman–Crippen MR) is 121 cm³/mol. The quantitative estimate of drug-likeness (QED) is 0.312. The van der Waals surface area contributed by atoms with E-state index in [2.05, 4.69) is 31.4 Å². The highest BCUT2D eigenvalue weighted by Gasteiger charge is 2.34. The number of nitrogens with zero attached hydrogens (tertiary/aromatic N) is 2. The molecule has 4 N–H and O–H groups in total. The number of alkyl halides is 4. The van der Waals surface area contributed by atoms with Gasteiger partial charge in [-0.15, -0.1) is 11.3 Å². The van der Waals surface area contributed by atoms with Crippen LogP contribution in [-0.4, -0.2) is 53.3 Å². The summed E-state index contributed by atoms with van der Waals surface area (Å²) in [4.78, 5) is 4.63. The van der Waals surface area contributed by atoms with Crippen LogP contribution in [0.5, 0.6) is 0 Å². The average molecular weight is 501 g/mol. The number of anilines is 1. The van der Waals surface area contributed by atoms with Gasteiger partial charge in [0.2, 0.25) is 5.82 Å². The maximum atomic E-state index is 14.4. The van der Waals surface area contributed by atoms with Gasteiger partial charge in [0.15, 0.2) is 5.11 Å². The smallest absolute Gasteiger partial charge is 0.378 e. The van der Waals surface area contributed by atoms with Crippen molar-refractivity contribution in [2.45, 2.75) is 37.3 Å². The van der Waals surface area contributed by atoms with Crippen LogP contribution in [0.1, 0.15) is 23.9 Å². The lowest BCUT2D eigenvalue weighted by Gasteiger charge is -2.28. The summed E-state index contributed by atoms with van der Waals surface area (Å²) in [6, 6.07) is 4.30. The number of rotatable bonds is 5. The van der Waals surface area contributed by atoms with Crippen molar-refractivity contribution in [3.05, 3.63) is 29.7 Å². The van der Waals surface area contributed by atoms with Gasteiger partial charge in [0.25, 0.3) is 5.89 Å². The molecule has 7 nitrogen and oxygen atoms in total. The van der Waals surface area contributed by atoms with Crippen molar-refractivity contribution in [3.63, 3.8) is 0 Å². The zero-order chi connectivity index (χ0) is 23.2. The van der Waals surface area contributed by atoms with Crippen LogP contribution in [-0.2, 0) is 6.42 Å². The molecule has 13 heteroatoms. The molecule has 0 radical (unpaired) electrons. The average Bonchev–Trinajstić information content (AvgIpc) is 3.48. The van der Waals surface area contributed by atoms with Gasteiger partial charge in [0.05, 0.1) is 27.7 Å². The molecule has 176 valence electrons. The molecule has 2 saturated heterocycles. The van der Waals surface area contributed by atoms with Crippen molar-refractivity contribution in [2.24, 2.45) is 0 Å². The minimum absolute atomic E-state index is 0.0774. The molecule has 33 heavy (non-hydrogen) atoms. The zero-order valence-corrected chi connectivity index (χ0v) is 18.8. The summed E-state index contributed by atoms with van der Waals surface area (Å²) in [7, 11) is 0. The fraction of sp³-hybridized carbons (Fsp3) is 0.450. The Balaban J connectivity index is 1.55. The molecule has 2 fully saturated rings. The number of benzene rings is 1. The Kier molecular flexibility index (Phi) is 5.87. The Hall–Kier alpha value is -2.51. The van der Waals surface area contributed by atoms with Gasteiger partial charge < -0.3 is 25.8 Å². The number of fused-ring (bicyclic) bond motifs is 1. The maximum Gasteiger partial charge on any atom is 0.393 e. The highest BCUT2D eigenvalue weighted by molar-refractivity contribution is 7.80. The largest absolute Gasteiger partial charge is 0.393 e. The summed E-state index contributed by atoms with van der Waals surface area (Å²) < 4.78 is 60.8. The molecule has 3 atom stereocenters. The van der Waals surface area contributed by atoms with E-state index in [4.69, 9.17) is 16.7 Å². The van der Waals surface area contributed by atoms with E-state index in [1.165, 1.54) is 0 Å². The first-order chi connectivity index (χ1) is 15.8. The van der Waals surface area contributed by atoms with Crippen LogP contribution < -0.4 is 21.3 Å². The lowest BCUT2D eigenvalue weighted by molar-refractivity contribution is -0.126. The van der Waals surface area contributed by atoms with Gasteiger partial charge in [0.1, 0.15) is 12.2 Å². The first-order valence-electron chi connectivity index (χ1n) is 10.4. The van der Waals surface area contributed by atoms with Crippen molar-refractivity contribution >= 4 is 44.4 Å². The van der Waals surface area contributed by atoms with Crippen molar-refractivity contribution in [3.8, 4) is 10.7 Å². The molecule has 3 aromatic rings.